The van der Waals surface area contributed by atoms with Gasteiger partial charge in [-0.05, 0) is 49.9 Å². The number of hydrogen-bond acceptors (Lipinski definition) is 4. The molecule has 7 nitrogen and oxygen atoms in total. The summed E-state index contributed by atoms with van der Waals surface area (Å²) in [6.45, 7) is 1.53. The molecule has 5 aromatic rings. The molecular weight excluding hydrogens is 533 g/mol. The van der Waals surface area contributed by atoms with E-state index in [1.165, 1.54) is 0 Å². The van der Waals surface area contributed by atoms with Crippen LogP contribution in [0.4, 0.5) is 13.2 Å². The van der Waals surface area contributed by atoms with Crippen molar-refractivity contribution in [3.8, 4) is 16.9 Å². The van der Waals surface area contributed by atoms with Crippen molar-refractivity contribution in [3.63, 3.8) is 0 Å². The molecule has 0 spiro atoms. The lowest BCUT2D eigenvalue weighted by Crippen LogP contribution is -2.23. The number of alkyl halides is 3. The summed E-state index contributed by atoms with van der Waals surface area (Å²) in [7, 11) is 1.82. The number of aromatic amines is 1. The van der Waals surface area contributed by atoms with Crippen molar-refractivity contribution < 1.29 is 27.8 Å². The molecule has 212 valence electrons. The van der Waals surface area contributed by atoms with Gasteiger partial charge in [-0.15, -0.1) is 0 Å². The maximum Gasteiger partial charge on any atom is 0.433 e. The predicted molar refractivity (Wildman–Crippen MR) is 150 cm³/mol. The molecule has 1 aliphatic heterocycles. The zero-order valence-electron chi connectivity index (χ0n) is 22.5. The zero-order chi connectivity index (χ0) is 28.7. The summed E-state index contributed by atoms with van der Waals surface area (Å²) in [4.78, 5) is 14.6. The number of carboxylic acids is 1. The van der Waals surface area contributed by atoms with Crippen LogP contribution in [0.5, 0.6) is 5.75 Å². The number of ether oxygens (including phenoxy) is 1. The van der Waals surface area contributed by atoms with E-state index < -0.39 is 17.8 Å². The summed E-state index contributed by atoms with van der Waals surface area (Å²) < 4.78 is 50.2. The number of fused-ring (bicyclic) bond motifs is 3. The molecule has 2 N–H and O–H groups in total. The van der Waals surface area contributed by atoms with Crippen LogP contribution in [-0.2, 0) is 25.7 Å². The van der Waals surface area contributed by atoms with Crippen LogP contribution in [-0.4, -0.2) is 50.9 Å². The quantitative estimate of drug-likeness (QED) is 0.224. The standard InChI is InChI=1S/C31H29F3N4O3/c1-37-15-7-16-38-27-21(11-5-12-23(27)26-24(18-37)35-36-29(26)31(32,33)34)22(28(38)30(39)40)13-6-17-41-25-14-4-9-19-8-2-3-10-20(19)25/h2-5,8-12,14H,6-7,13,15-18H2,1H3,(H,35,36)(H,39,40). The highest BCUT2D eigenvalue weighted by Crippen LogP contribution is 2.43. The summed E-state index contributed by atoms with van der Waals surface area (Å²) in [6.07, 6.45) is -3.10. The Balaban J connectivity index is 1.42. The molecule has 0 atom stereocenters. The van der Waals surface area contributed by atoms with Crippen LogP contribution in [0.2, 0.25) is 0 Å². The van der Waals surface area contributed by atoms with E-state index >= 15 is 0 Å². The van der Waals surface area contributed by atoms with E-state index in [-0.39, 0.29) is 23.5 Å². The van der Waals surface area contributed by atoms with E-state index in [1.54, 1.807) is 22.8 Å². The number of rotatable bonds is 6. The molecule has 0 radical (unpaired) electrons. The Morgan fingerprint density at radius 3 is 2.61 bits per heavy atom. The van der Waals surface area contributed by atoms with Gasteiger partial charge in [0.15, 0.2) is 0 Å². The summed E-state index contributed by atoms with van der Waals surface area (Å²) in [5.74, 6) is -0.355. The summed E-state index contributed by atoms with van der Waals surface area (Å²) in [5, 5.41) is 19.3. The molecule has 6 rings (SSSR count). The molecule has 0 bridgehead atoms. The second-order valence-corrected chi connectivity index (χ2v) is 10.4. The largest absolute Gasteiger partial charge is 0.493 e. The first kappa shape index (κ1) is 26.9. The Hall–Kier alpha value is -4.31. The molecule has 3 heterocycles. The Labute approximate surface area is 234 Å². The number of aromatic carboxylic acids is 1. The molecule has 0 aliphatic carbocycles. The third kappa shape index (κ3) is 4.93. The lowest BCUT2D eigenvalue weighted by molar-refractivity contribution is -0.140. The Morgan fingerprint density at radius 2 is 1.80 bits per heavy atom. The number of H-pyrrole nitrogens is 1. The van der Waals surface area contributed by atoms with E-state index in [0.29, 0.717) is 61.0 Å². The second-order valence-electron chi connectivity index (χ2n) is 10.4. The Morgan fingerprint density at radius 1 is 1.05 bits per heavy atom. The van der Waals surface area contributed by atoms with Crippen LogP contribution in [0.15, 0.2) is 60.7 Å². The van der Waals surface area contributed by atoms with Gasteiger partial charge in [-0.1, -0.05) is 54.6 Å². The molecule has 1 aliphatic rings. The van der Waals surface area contributed by atoms with E-state index in [9.17, 15) is 23.1 Å². The van der Waals surface area contributed by atoms with Gasteiger partial charge < -0.3 is 19.3 Å². The minimum absolute atomic E-state index is 0.0293. The average molecular weight is 563 g/mol. The molecule has 0 amide bonds. The maximum atomic E-state index is 14.1. The number of para-hydroxylation sites is 1. The van der Waals surface area contributed by atoms with Gasteiger partial charge in [0.2, 0.25) is 0 Å². The minimum Gasteiger partial charge on any atom is -0.493 e. The van der Waals surface area contributed by atoms with E-state index in [1.807, 2.05) is 54.4 Å². The summed E-state index contributed by atoms with van der Waals surface area (Å²) >= 11 is 0. The van der Waals surface area contributed by atoms with Gasteiger partial charge >= 0.3 is 12.1 Å². The number of hydrogen-bond donors (Lipinski definition) is 2. The Kier molecular flexibility index (Phi) is 6.94. The van der Waals surface area contributed by atoms with Gasteiger partial charge in [0.25, 0.3) is 0 Å². The zero-order valence-corrected chi connectivity index (χ0v) is 22.5. The fourth-order valence-corrected chi connectivity index (χ4v) is 5.98. The van der Waals surface area contributed by atoms with Crippen LogP contribution in [0, 0.1) is 0 Å². The fourth-order valence-electron chi connectivity index (χ4n) is 5.98. The van der Waals surface area contributed by atoms with Crippen molar-refractivity contribution in [3.05, 3.63) is 83.3 Å². The topological polar surface area (TPSA) is 83.4 Å². The molecule has 0 saturated carbocycles. The first-order chi connectivity index (χ1) is 19.7. The molecular formula is C31H29F3N4O3. The average Bonchev–Trinajstić information content (AvgIpc) is 3.50. The van der Waals surface area contributed by atoms with Crippen LogP contribution < -0.4 is 4.74 Å². The van der Waals surface area contributed by atoms with Gasteiger partial charge in [0.05, 0.1) is 17.8 Å². The van der Waals surface area contributed by atoms with Crippen LogP contribution in [0.1, 0.15) is 40.3 Å². The molecule has 2 aromatic heterocycles. The van der Waals surface area contributed by atoms with Crippen molar-refractivity contribution in [2.45, 2.75) is 38.5 Å². The van der Waals surface area contributed by atoms with Crippen LogP contribution >= 0.6 is 0 Å². The molecule has 0 saturated heterocycles. The van der Waals surface area contributed by atoms with Crippen molar-refractivity contribution >= 4 is 27.6 Å². The first-order valence-electron chi connectivity index (χ1n) is 13.6. The highest BCUT2D eigenvalue weighted by atomic mass is 19.4. The second kappa shape index (κ2) is 10.6. The van der Waals surface area contributed by atoms with Crippen molar-refractivity contribution in [2.75, 3.05) is 20.2 Å². The van der Waals surface area contributed by atoms with Gasteiger partial charge in [0.1, 0.15) is 17.1 Å². The summed E-state index contributed by atoms with van der Waals surface area (Å²) in [6, 6.07) is 18.9. The molecule has 0 fully saturated rings. The number of halogens is 3. The number of benzene rings is 3. The SMILES string of the molecule is CN1CCCn2c(C(=O)O)c(CCCOc3cccc4ccccc34)c3cccc(c32)-c2c(n[nH]c2C(F)(F)F)C1. The highest BCUT2D eigenvalue weighted by Gasteiger charge is 2.39. The van der Waals surface area contributed by atoms with E-state index in [4.69, 9.17) is 4.74 Å². The van der Waals surface area contributed by atoms with E-state index in [0.717, 1.165) is 16.5 Å². The lowest BCUT2D eigenvalue weighted by atomic mass is 9.97. The van der Waals surface area contributed by atoms with Gasteiger partial charge in [0, 0.05) is 35.0 Å². The lowest BCUT2D eigenvalue weighted by Gasteiger charge is -2.20. The third-order valence-corrected chi connectivity index (χ3v) is 7.70. The monoisotopic (exact) mass is 562 g/mol. The van der Waals surface area contributed by atoms with Crippen molar-refractivity contribution in [1.82, 2.24) is 19.7 Å². The predicted octanol–water partition coefficient (Wildman–Crippen LogP) is 6.75. The van der Waals surface area contributed by atoms with Crippen molar-refractivity contribution in [1.29, 1.82) is 0 Å². The maximum absolute atomic E-state index is 14.1. The third-order valence-electron chi connectivity index (χ3n) is 7.70. The first-order valence-corrected chi connectivity index (χ1v) is 13.6. The van der Waals surface area contributed by atoms with Gasteiger partial charge in [-0.3, -0.25) is 5.10 Å². The Bertz CT molecular complexity index is 1750. The van der Waals surface area contributed by atoms with Crippen molar-refractivity contribution in [2.24, 2.45) is 0 Å². The number of carbonyl (C=O) groups is 1. The number of aromatic nitrogens is 3. The fraction of sp³-hybridized carbons (Fsp3) is 0.290. The number of carboxylic acid groups (broad SMARTS) is 1. The van der Waals surface area contributed by atoms with E-state index in [2.05, 4.69) is 10.2 Å². The smallest absolute Gasteiger partial charge is 0.433 e. The molecule has 3 aromatic carbocycles. The molecule has 10 heteroatoms. The van der Waals surface area contributed by atoms with Gasteiger partial charge in [-0.2, -0.15) is 18.3 Å². The number of nitrogens with one attached hydrogen (secondary N) is 1. The number of nitrogens with zero attached hydrogens (tertiary/aromatic N) is 3. The van der Waals surface area contributed by atoms with Crippen LogP contribution in [0.3, 0.4) is 0 Å². The molecule has 41 heavy (non-hydrogen) atoms. The normalized spacial score (nSPS) is 14.3. The highest BCUT2D eigenvalue weighted by molar-refractivity contribution is 6.04. The molecule has 0 unspecified atom stereocenters. The van der Waals surface area contributed by atoms with Crippen LogP contribution in [0.25, 0.3) is 32.8 Å². The minimum atomic E-state index is -4.65. The summed E-state index contributed by atoms with van der Waals surface area (Å²) in [5.41, 5.74) is 0.856. The van der Waals surface area contributed by atoms with Gasteiger partial charge in [-0.25, -0.2) is 4.79 Å². The number of aryl methyl sites for hydroxylation is 2.